The Kier molecular flexibility index (Phi) is 5.92. The number of carbonyl (C=O) groups is 2. The van der Waals surface area contributed by atoms with Crippen molar-refractivity contribution in [1.82, 2.24) is 4.98 Å². The molecule has 0 unspecified atom stereocenters. The minimum absolute atomic E-state index is 0.00464. The summed E-state index contributed by atoms with van der Waals surface area (Å²) >= 11 is 1.28. The fraction of sp³-hybridized carbons (Fsp3) is 0.533. The molecule has 1 saturated carbocycles. The average Bonchev–Trinajstić information content (AvgIpc) is 2.71. The van der Waals surface area contributed by atoms with Crippen LogP contribution in [0.1, 0.15) is 49.8 Å². The van der Waals surface area contributed by atoms with E-state index in [0.717, 1.165) is 18.9 Å². The summed E-state index contributed by atoms with van der Waals surface area (Å²) in [6.07, 6.45) is 11.9. The van der Waals surface area contributed by atoms with E-state index in [9.17, 15) is 9.59 Å². The Labute approximate surface area is 128 Å². The highest BCUT2D eigenvalue weighted by atomic mass is 32.1. The van der Waals surface area contributed by atoms with E-state index in [2.05, 4.69) is 10.3 Å². The Hall–Kier alpha value is -1.69. The summed E-state index contributed by atoms with van der Waals surface area (Å²) in [6, 6.07) is 0. The van der Waals surface area contributed by atoms with Crippen molar-refractivity contribution in [2.24, 2.45) is 5.92 Å². The lowest BCUT2D eigenvalue weighted by Gasteiger charge is -2.12. The topological polar surface area (TPSA) is 79.3 Å². The van der Waals surface area contributed by atoms with Gasteiger partial charge in [-0.25, -0.2) is 9.78 Å². The lowest BCUT2D eigenvalue weighted by molar-refractivity contribution is -0.131. The smallest absolute Gasteiger partial charge is 0.328 e. The van der Waals surface area contributed by atoms with Gasteiger partial charge in [-0.15, -0.1) is 0 Å². The number of hydrogen-bond acceptors (Lipinski definition) is 4. The van der Waals surface area contributed by atoms with Gasteiger partial charge in [0, 0.05) is 23.6 Å². The molecule has 0 aromatic carbocycles. The van der Waals surface area contributed by atoms with Crippen LogP contribution in [0.4, 0.5) is 5.13 Å². The molecule has 0 spiro atoms. The number of aliphatic carboxylic acids is 1. The van der Waals surface area contributed by atoms with Crippen molar-refractivity contribution in [3.8, 4) is 0 Å². The van der Waals surface area contributed by atoms with Crippen LogP contribution in [0.25, 0.3) is 6.08 Å². The molecule has 0 saturated heterocycles. The zero-order valence-electron chi connectivity index (χ0n) is 11.9. The molecule has 1 amide bonds. The van der Waals surface area contributed by atoms with Gasteiger partial charge in [0.05, 0.1) is 0 Å². The monoisotopic (exact) mass is 308 g/mol. The van der Waals surface area contributed by atoms with E-state index in [4.69, 9.17) is 5.11 Å². The summed E-state index contributed by atoms with van der Waals surface area (Å²) in [6.45, 7) is 0. The second kappa shape index (κ2) is 7.93. The minimum Gasteiger partial charge on any atom is -0.478 e. The van der Waals surface area contributed by atoms with Gasteiger partial charge in [-0.05, 0) is 24.8 Å². The van der Waals surface area contributed by atoms with Crippen LogP contribution < -0.4 is 5.32 Å². The fourth-order valence-electron chi connectivity index (χ4n) is 2.58. The number of carbonyl (C=O) groups excluding carboxylic acids is 1. The number of anilines is 1. The third-order valence-electron chi connectivity index (χ3n) is 3.61. The van der Waals surface area contributed by atoms with Crippen LogP contribution in [-0.4, -0.2) is 22.0 Å². The number of amides is 1. The van der Waals surface area contributed by atoms with Crippen LogP contribution in [0.15, 0.2) is 12.3 Å². The van der Waals surface area contributed by atoms with E-state index in [1.54, 1.807) is 6.20 Å². The first-order valence-electron chi connectivity index (χ1n) is 7.30. The SMILES string of the molecule is O=C(O)/C=C/c1cnc(NC(=O)CC2CCCCCC2)s1. The molecular formula is C15H20N2O3S. The van der Waals surface area contributed by atoms with Crippen LogP contribution in [0.3, 0.4) is 0 Å². The molecule has 0 aliphatic heterocycles. The van der Waals surface area contributed by atoms with E-state index in [-0.39, 0.29) is 5.91 Å². The Balaban J connectivity index is 1.83. The second-order valence-electron chi connectivity index (χ2n) is 5.35. The first kappa shape index (κ1) is 15.7. The third kappa shape index (κ3) is 5.67. The molecule has 2 N–H and O–H groups in total. The molecule has 1 aliphatic rings. The van der Waals surface area contributed by atoms with Gasteiger partial charge in [0.1, 0.15) is 0 Å². The number of hydrogen-bond donors (Lipinski definition) is 2. The molecule has 2 rings (SSSR count). The van der Waals surface area contributed by atoms with E-state index in [1.807, 2.05) is 0 Å². The number of aromatic nitrogens is 1. The molecule has 0 atom stereocenters. The van der Waals surface area contributed by atoms with E-state index >= 15 is 0 Å². The van der Waals surface area contributed by atoms with E-state index in [0.29, 0.717) is 22.3 Å². The van der Waals surface area contributed by atoms with Gasteiger partial charge in [0.25, 0.3) is 0 Å². The standard InChI is InChI=1S/C15H20N2O3S/c18-13(9-11-5-3-1-2-4-6-11)17-15-16-10-12(21-15)7-8-14(19)20/h7-8,10-11H,1-6,9H2,(H,19,20)(H,16,17,18)/b8-7+. The van der Waals surface area contributed by atoms with Crippen molar-refractivity contribution in [2.45, 2.75) is 44.9 Å². The van der Waals surface area contributed by atoms with Crippen molar-refractivity contribution in [3.05, 3.63) is 17.2 Å². The van der Waals surface area contributed by atoms with Crippen molar-refractivity contribution in [3.63, 3.8) is 0 Å². The summed E-state index contributed by atoms with van der Waals surface area (Å²) in [5, 5.41) is 11.9. The van der Waals surface area contributed by atoms with Crippen LogP contribution in [0, 0.1) is 5.92 Å². The lowest BCUT2D eigenvalue weighted by atomic mass is 9.96. The van der Waals surface area contributed by atoms with Gasteiger partial charge in [-0.1, -0.05) is 37.0 Å². The van der Waals surface area contributed by atoms with Crippen molar-refractivity contribution in [2.75, 3.05) is 5.32 Å². The Morgan fingerprint density at radius 2 is 2.05 bits per heavy atom. The Morgan fingerprint density at radius 3 is 2.71 bits per heavy atom. The van der Waals surface area contributed by atoms with E-state index < -0.39 is 5.97 Å². The quantitative estimate of drug-likeness (QED) is 0.644. The number of rotatable bonds is 5. The molecule has 0 radical (unpaired) electrons. The summed E-state index contributed by atoms with van der Waals surface area (Å²) in [5.41, 5.74) is 0. The van der Waals surface area contributed by atoms with Gasteiger partial charge in [0.2, 0.25) is 5.91 Å². The summed E-state index contributed by atoms with van der Waals surface area (Å²) in [5.74, 6) is -0.508. The normalized spacial score (nSPS) is 16.8. The zero-order chi connectivity index (χ0) is 15.1. The predicted molar refractivity (Wildman–Crippen MR) is 83.2 cm³/mol. The number of nitrogens with zero attached hydrogens (tertiary/aromatic N) is 1. The largest absolute Gasteiger partial charge is 0.478 e. The van der Waals surface area contributed by atoms with Gasteiger partial charge in [-0.3, -0.25) is 4.79 Å². The van der Waals surface area contributed by atoms with Crippen molar-refractivity contribution in [1.29, 1.82) is 0 Å². The molecule has 1 aromatic heterocycles. The number of carboxylic acids is 1. The molecule has 1 aromatic rings. The Morgan fingerprint density at radius 1 is 1.33 bits per heavy atom. The maximum Gasteiger partial charge on any atom is 0.328 e. The summed E-state index contributed by atoms with van der Waals surface area (Å²) in [4.78, 5) is 27.2. The molecule has 5 nitrogen and oxygen atoms in total. The molecule has 1 aliphatic carbocycles. The third-order valence-corrected chi connectivity index (χ3v) is 4.49. The highest BCUT2D eigenvalue weighted by molar-refractivity contribution is 7.16. The van der Waals surface area contributed by atoms with Gasteiger partial charge in [0.15, 0.2) is 5.13 Å². The van der Waals surface area contributed by atoms with Gasteiger partial charge >= 0.3 is 5.97 Å². The fourth-order valence-corrected chi connectivity index (χ4v) is 3.31. The predicted octanol–water partition coefficient (Wildman–Crippen LogP) is 3.54. The highest BCUT2D eigenvalue weighted by Gasteiger charge is 2.16. The first-order chi connectivity index (χ1) is 10.1. The van der Waals surface area contributed by atoms with Crippen LogP contribution in [-0.2, 0) is 9.59 Å². The first-order valence-corrected chi connectivity index (χ1v) is 8.12. The Bertz CT molecular complexity index is 517. The number of carboxylic acid groups (broad SMARTS) is 1. The number of nitrogens with one attached hydrogen (secondary N) is 1. The minimum atomic E-state index is -0.998. The zero-order valence-corrected chi connectivity index (χ0v) is 12.7. The average molecular weight is 308 g/mol. The lowest BCUT2D eigenvalue weighted by Crippen LogP contribution is -2.16. The van der Waals surface area contributed by atoms with E-state index in [1.165, 1.54) is 43.1 Å². The molecule has 6 heteroatoms. The summed E-state index contributed by atoms with van der Waals surface area (Å²) < 4.78 is 0. The second-order valence-corrected chi connectivity index (χ2v) is 6.41. The molecular weight excluding hydrogens is 288 g/mol. The molecule has 114 valence electrons. The van der Waals surface area contributed by atoms with Gasteiger partial charge < -0.3 is 10.4 Å². The highest BCUT2D eigenvalue weighted by Crippen LogP contribution is 2.26. The molecule has 1 heterocycles. The number of thiazole rings is 1. The van der Waals surface area contributed by atoms with Crippen molar-refractivity contribution < 1.29 is 14.7 Å². The van der Waals surface area contributed by atoms with Crippen molar-refractivity contribution >= 4 is 34.4 Å². The maximum atomic E-state index is 12.0. The van der Waals surface area contributed by atoms with Crippen LogP contribution in [0.5, 0.6) is 0 Å². The van der Waals surface area contributed by atoms with Crippen LogP contribution in [0.2, 0.25) is 0 Å². The molecule has 21 heavy (non-hydrogen) atoms. The summed E-state index contributed by atoms with van der Waals surface area (Å²) in [7, 11) is 0. The van der Waals surface area contributed by atoms with Gasteiger partial charge in [-0.2, -0.15) is 0 Å². The molecule has 0 bridgehead atoms. The molecule has 1 fully saturated rings. The maximum absolute atomic E-state index is 12.0. The van der Waals surface area contributed by atoms with Crippen LogP contribution >= 0.6 is 11.3 Å².